The molecule has 2 aromatic carbocycles. The number of nitrogens with one attached hydrogen (secondary N) is 2. The van der Waals surface area contributed by atoms with Gasteiger partial charge in [-0.1, -0.05) is 54.6 Å². The summed E-state index contributed by atoms with van der Waals surface area (Å²) in [4.78, 5) is 17.3. The van der Waals surface area contributed by atoms with Crippen LogP contribution in [0, 0.1) is 0 Å². The van der Waals surface area contributed by atoms with Crippen molar-refractivity contribution in [3.8, 4) is 11.3 Å². The molecule has 0 unspecified atom stereocenters. The largest absolute Gasteiger partial charge is 0.348 e. The van der Waals surface area contributed by atoms with Crippen LogP contribution >= 0.6 is 0 Å². The van der Waals surface area contributed by atoms with E-state index < -0.39 is 10.0 Å². The topological polar surface area (TPSA) is 106 Å². The summed E-state index contributed by atoms with van der Waals surface area (Å²) < 4.78 is 27.5. The number of hydrogen-bond donors (Lipinski definition) is 2. The normalized spacial score (nSPS) is 11.3. The monoisotopic (exact) mass is 475 g/mol. The van der Waals surface area contributed by atoms with Crippen LogP contribution in [0.2, 0.25) is 0 Å². The number of carbonyl (C=O) groups excluding carboxylic acids is 1. The first kappa shape index (κ1) is 23.3. The Hall–Kier alpha value is -3.82. The molecule has 8 nitrogen and oxygen atoms in total. The lowest BCUT2D eigenvalue weighted by atomic mass is 10.1. The lowest BCUT2D eigenvalue weighted by Gasteiger charge is -2.07. The van der Waals surface area contributed by atoms with Crippen LogP contribution in [-0.4, -0.2) is 36.1 Å². The molecule has 174 valence electrons. The molecule has 2 heterocycles. The Morgan fingerprint density at radius 1 is 0.941 bits per heavy atom. The number of amides is 1. The first-order valence-electron chi connectivity index (χ1n) is 10.7. The Bertz CT molecular complexity index is 1350. The van der Waals surface area contributed by atoms with Gasteiger partial charge in [-0.05, 0) is 35.9 Å². The van der Waals surface area contributed by atoms with E-state index in [4.69, 9.17) is 0 Å². The van der Waals surface area contributed by atoms with Crippen LogP contribution in [-0.2, 0) is 28.9 Å². The molecule has 0 saturated heterocycles. The molecule has 0 aliphatic rings. The summed E-state index contributed by atoms with van der Waals surface area (Å²) >= 11 is 0. The van der Waals surface area contributed by atoms with Crippen molar-refractivity contribution in [2.24, 2.45) is 0 Å². The third kappa shape index (κ3) is 5.94. The van der Waals surface area contributed by atoms with Gasteiger partial charge in [0.25, 0.3) is 5.91 Å². The molecule has 34 heavy (non-hydrogen) atoms. The van der Waals surface area contributed by atoms with E-state index in [0.717, 1.165) is 16.7 Å². The molecule has 0 atom stereocenters. The highest BCUT2D eigenvalue weighted by molar-refractivity contribution is 7.88. The van der Waals surface area contributed by atoms with E-state index in [0.29, 0.717) is 29.9 Å². The number of aromatic nitrogens is 3. The van der Waals surface area contributed by atoms with Crippen LogP contribution in [0.25, 0.3) is 11.3 Å². The Labute approximate surface area is 198 Å². The Morgan fingerprint density at radius 2 is 1.68 bits per heavy atom. The van der Waals surface area contributed by atoms with Crippen molar-refractivity contribution < 1.29 is 13.2 Å². The van der Waals surface area contributed by atoms with E-state index in [2.05, 4.69) is 20.1 Å². The number of hydrogen-bond acceptors (Lipinski definition) is 5. The molecule has 0 spiro atoms. The molecule has 2 aromatic heterocycles. The third-order valence-electron chi connectivity index (χ3n) is 5.27. The van der Waals surface area contributed by atoms with E-state index in [1.54, 1.807) is 35.4 Å². The molecule has 4 rings (SSSR count). The highest BCUT2D eigenvalue weighted by Gasteiger charge is 2.18. The van der Waals surface area contributed by atoms with Gasteiger partial charge < -0.3 is 5.32 Å². The number of rotatable bonds is 9. The Kier molecular flexibility index (Phi) is 7.15. The summed E-state index contributed by atoms with van der Waals surface area (Å²) in [7, 11) is -1.94. The maximum Gasteiger partial charge on any atom is 0.255 e. The van der Waals surface area contributed by atoms with E-state index in [1.165, 1.54) is 7.05 Å². The molecule has 2 N–H and O–H groups in total. The fraction of sp³-hybridized carbons (Fsp3) is 0.160. The Morgan fingerprint density at radius 3 is 2.35 bits per heavy atom. The molecule has 0 fully saturated rings. The lowest BCUT2D eigenvalue weighted by Crippen LogP contribution is -2.23. The molecule has 9 heteroatoms. The maximum atomic E-state index is 13.1. The maximum absolute atomic E-state index is 13.1. The quantitative estimate of drug-likeness (QED) is 0.387. The SMILES string of the molecule is CNS(=O)(=O)Cc1ccc(CNC(=O)c2cn(Cc3ccccc3)nc2-c2cccnc2)cc1. The summed E-state index contributed by atoms with van der Waals surface area (Å²) in [5.74, 6) is -0.342. The van der Waals surface area contributed by atoms with Gasteiger partial charge in [-0.3, -0.25) is 14.5 Å². The average Bonchev–Trinajstić information content (AvgIpc) is 3.28. The van der Waals surface area contributed by atoms with E-state index in [9.17, 15) is 13.2 Å². The van der Waals surface area contributed by atoms with Gasteiger partial charge in [0.2, 0.25) is 10.0 Å². The van der Waals surface area contributed by atoms with Gasteiger partial charge in [0.1, 0.15) is 5.69 Å². The zero-order chi connectivity index (χ0) is 24.0. The van der Waals surface area contributed by atoms with E-state index in [1.807, 2.05) is 54.6 Å². The molecule has 0 radical (unpaired) electrons. The van der Waals surface area contributed by atoms with Crippen molar-refractivity contribution in [3.63, 3.8) is 0 Å². The van der Waals surface area contributed by atoms with Crippen LogP contribution in [0.15, 0.2) is 85.3 Å². The summed E-state index contributed by atoms with van der Waals surface area (Å²) in [6, 6.07) is 20.7. The first-order valence-corrected chi connectivity index (χ1v) is 12.4. The minimum absolute atomic E-state index is 0.0921. The van der Waals surface area contributed by atoms with Crippen LogP contribution in [0.3, 0.4) is 0 Å². The summed E-state index contributed by atoms with van der Waals surface area (Å²) in [6.45, 7) is 0.840. The third-order valence-corrected chi connectivity index (χ3v) is 6.61. The smallest absolute Gasteiger partial charge is 0.255 e. The molecule has 1 amide bonds. The van der Waals surface area contributed by atoms with Gasteiger partial charge in [0.15, 0.2) is 0 Å². The molecule has 0 aliphatic carbocycles. The summed E-state index contributed by atoms with van der Waals surface area (Å²) in [5.41, 5.74) is 4.39. The van der Waals surface area contributed by atoms with Crippen molar-refractivity contribution in [2.75, 3.05) is 7.05 Å². The van der Waals surface area contributed by atoms with Gasteiger partial charge in [0.05, 0.1) is 17.9 Å². The number of pyridine rings is 1. The van der Waals surface area contributed by atoms with Crippen LogP contribution in [0.1, 0.15) is 27.0 Å². The van der Waals surface area contributed by atoms with E-state index >= 15 is 0 Å². The van der Waals surface area contributed by atoms with Crippen molar-refractivity contribution in [2.45, 2.75) is 18.8 Å². The van der Waals surface area contributed by atoms with Gasteiger partial charge in [0, 0.05) is 30.7 Å². The Balaban J connectivity index is 1.50. The zero-order valence-corrected chi connectivity index (χ0v) is 19.5. The minimum Gasteiger partial charge on any atom is -0.348 e. The highest BCUT2D eigenvalue weighted by Crippen LogP contribution is 2.22. The number of sulfonamides is 1. The van der Waals surface area contributed by atoms with Crippen molar-refractivity contribution in [1.82, 2.24) is 24.8 Å². The van der Waals surface area contributed by atoms with E-state index in [-0.39, 0.29) is 11.7 Å². The van der Waals surface area contributed by atoms with Gasteiger partial charge in [-0.2, -0.15) is 5.10 Å². The van der Waals surface area contributed by atoms with Crippen molar-refractivity contribution in [1.29, 1.82) is 0 Å². The van der Waals surface area contributed by atoms with Gasteiger partial charge >= 0.3 is 0 Å². The average molecular weight is 476 g/mol. The number of carbonyl (C=O) groups is 1. The zero-order valence-electron chi connectivity index (χ0n) is 18.7. The fourth-order valence-corrected chi connectivity index (χ4v) is 4.25. The molecular weight excluding hydrogens is 450 g/mol. The van der Waals surface area contributed by atoms with Crippen LogP contribution in [0.4, 0.5) is 0 Å². The van der Waals surface area contributed by atoms with Gasteiger partial charge in [-0.15, -0.1) is 0 Å². The summed E-state index contributed by atoms with van der Waals surface area (Å²) in [6.07, 6.45) is 5.11. The second-order valence-electron chi connectivity index (χ2n) is 7.78. The standard InChI is InChI=1S/C25H25N5O3S/c1-26-34(32,33)18-21-11-9-19(10-12-21)14-28-25(31)23-17-30(16-20-6-3-2-4-7-20)29-24(23)22-8-5-13-27-15-22/h2-13,15,17,26H,14,16,18H2,1H3,(H,28,31). The number of nitrogens with zero attached hydrogens (tertiary/aromatic N) is 3. The number of benzene rings is 2. The first-order chi connectivity index (χ1) is 16.4. The van der Waals surface area contributed by atoms with Crippen LogP contribution < -0.4 is 10.0 Å². The predicted octanol–water partition coefficient (Wildman–Crippen LogP) is 2.97. The molecular formula is C25H25N5O3S. The molecule has 0 bridgehead atoms. The van der Waals surface area contributed by atoms with Crippen molar-refractivity contribution in [3.05, 3.63) is 108 Å². The predicted molar refractivity (Wildman–Crippen MR) is 130 cm³/mol. The molecule has 4 aromatic rings. The molecule has 0 saturated carbocycles. The summed E-state index contributed by atoms with van der Waals surface area (Å²) in [5, 5.41) is 7.60. The fourth-order valence-electron chi connectivity index (χ4n) is 3.48. The second kappa shape index (κ2) is 10.4. The highest BCUT2D eigenvalue weighted by atomic mass is 32.2. The second-order valence-corrected chi connectivity index (χ2v) is 9.71. The molecule has 0 aliphatic heterocycles. The lowest BCUT2D eigenvalue weighted by molar-refractivity contribution is 0.0951. The van der Waals surface area contributed by atoms with Crippen molar-refractivity contribution >= 4 is 15.9 Å². The van der Waals surface area contributed by atoms with Gasteiger partial charge in [-0.25, -0.2) is 13.1 Å². The minimum atomic E-state index is -3.33. The van der Waals surface area contributed by atoms with Crippen LogP contribution in [0.5, 0.6) is 0 Å².